The number of hydrogen-bond acceptors (Lipinski definition) is 5. The summed E-state index contributed by atoms with van der Waals surface area (Å²) in [6.07, 6.45) is 0. The number of methoxy groups -OCH3 is 1. The summed E-state index contributed by atoms with van der Waals surface area (Å²) in [5, 5.41) is 0. The van der Waals surface area contributed by atoms with Gasteiger partial charge in [-0.2, -0.15) is 4.37 Å². The average molecular weight is 201 g/mol. The van der Waals surface area contributed by atoms with Crippen LogP contribution < -0.4 is 34.3 Å². The first-order valence-corrected chi connectivity index (χ1v) is 4.19. The maximum Gasteiger partial charge on any atom is 1.00 e. The van der Waals surface area contributed by atoms with Crippen molar-refractivity contribution in [3.63, 3.8) is 0 Å². The van der Waals surface area contributed by atoms with Gasteiger partial charge in [-0.15, -0.1) is 0 Å². The molecule has 0 aliphatic heterocycles. The topological polar surface area (TPSA) is 62.2 Å². The van der Waals surface area contributed by atoms with Crippen molar-refractivity contribution < 1.29 is 43.1 Å². The zero-order valence-electron chi connectivity index (χ0n) is 6.07. The van der Waals surface area contributed by atoms with Gasteiger partial charge >= 0.3 is 29.6 Å². The number of hydrogen-bond donors (Lipinski definition) is 0. The molecule has 1 atom stereocenters. The van der Waals surface area contributed by atoms with Crippen LogP contribution in [0.1, 0.15) is 0 Å². The van der Waals surface area contributed by atoms with Crippen molar-refractivity contribution >= 4 is 22.6 Å². The fourth-order valence-electron chi connectivity index (χ4n) is 0.418. The number of ether oxygens (including phenoxy) is 1. The Balaban J connectivity index is 0.000001000. The molecule has 0 aliphatic rings. The molecule has 0 radical (unpaired) electrons. The second-order valence-corrected chi connectivity index (χ2v) is 3.40. The van der Waals surface area contributed by atoms with Crippen LogP contribution >= 0.6 is 11.5 Å². The molecule has 1 aromatic heterocycles. The molecule has 1 aromatic rings. The van der Waals surface area contributed by atoms with Crippen molar-refractivity contribution in [2.45, 2.75) is 4.21 Å². The predicted molar refractivity (Wildman–Crippen MR) is 35.9 cm³/mol. The molecule has 4 nitrogen and oxygen atoms in total. The fourth-order valence-corrected chi connectivity index (χ4v) is 1.43. The normalized spacial score (nSPS) is 11.8. The number of nitrogens with zero attached hydrogens (tertiary/aromatic N) is 1. The van der Waals surface area contributed by atoms with Gasteiger partial charge in [-0.25, -0.2) is 0 Å². The molecule has 0 spiro atoms. The minimum Gasteiger partial charge on any atom is -0.768 e. The van der Waals surface area contributed by atoms with Crippen LogP contribution in [0.4, 0.5) is 0 Å². The molecule has 0 N–H and O–H groups in total. The molecular weight excluding hydrogens is 197 g/mol. The third-order valence-corrected chi connectivity index (χ3v) is 2.49. The molecule has 0 amide bonds. The van der Waals surface area contributed by atoms with Gasteiger partial charge in [0.1, 0.15) is 4.21 Å². The minimum atomic E-state index is -2.18. The van der Waals surface area contributed by atoms with E-state index >= 15 is 0 Å². The molecular formula is C4H4NNaO3S2. The van der Waals surface area contributed by atoms with Crippen molar-refractivity contribution in [1.29, 1.82) is 0 Å². The van der Waals surface area contributed by atoms with E-state index in [4.69, 9.17) is 0 Å². The Kier molecular flexibility index (Phi) is 5.49. The van der Waals surface area contributed by atoms with E-state index < -0.39 is 11.1 Å². The monoisotopic (exact) mass is 201 g/mol. The van der Waals surface area contributed by atoms with Crippen LogP contribution in [0.3, 0.4) is 0 Å². The first kappa shape index (κ1) is 11.5. The Hall–Kier alpha value is 0.540. The van der Waals surface area contributed by atoms with Crippen molar-refractivity contribution in [3.8, 4) is 5.88 Å². The Morgan fingerprint density at radius 2 is 2.45 bits per heavy atom. The zero-order valence-corrected chi connectivity index (χ0v) is 9.70. The van der Waals surface area contributed by atoms with E-state index in [1.54, 1.807) is 0 Å². The van der Waals surface area contributed by atoms with Crippen molar-refractivity contribution in [1.82, 2.24) is 4.37 Å². The van der Waals surface area contributed by atoms with Crippen molar-refractivity contribution in [3.05, 3.63) is 6.07 Å². The van der Waals surface area contributed by atoms with Crippen LogP contribution in [-0.4, -0.2) is 20.2 Å². The SMILES string of the molecule is COc1cc(S(=O)[O-])sn1.[Na+]. The Labute approximate surface area is 92.7 Å². The van der Waals surface area contributed by atoms with Gasteiger partial charge in [-0.3, -0.25) is 4.21 Å². The summed E-state index contributed by atoms with van der Waals surface area (Å²) in [6.45, 7) is 0. The number of rotatable bonds is 2. The number of aromatic nitrogens is 1. The summed E-state index contributed by atoms with van der Waals surface area (Å²) in [4.78, 5) is 0. The summed E-state index contributed by atoms with van der Waals surface area (Å²) < 4.78 is 29.0. The van der Waals surface area contributed by atoms with Crippen LogP contribution in [0, 0.1) is 0 Å². The molecule has 0 bridgehead atoms. The van der Waals surface area contributed by atoms with E-state index in [1.807, 2.05) is 0 Å². The van der Waals surface area contributed by atoms with E-state index in [0.29, 0.717) is 5.88 Å². The second-order valence-electron chi connectivity index (χ2n) is 1.42. The molecule has 0 aromatic carbocycles. The quantitative estimate of drug-likeness (QED) is 0.388. The molecule has 0 fully saturated rings. The molecule has 0 aliphatic carbocycles. The molecule has 1 heterocycles. The van der Waals surface area contributed by atoms with E-state index in [1.165, 1.54) is 13.2 Å². The average Bonchev–Trinajstić information content (AvgIpc) is 2.34. The summed E-state index contributed by atoms with van der Waals surface area (Å²) in [7, 11) is 1.44. The van der Waals surface area contributed by atoms with E-state index in [2.05, 4.69) is 9.11 Å². The summed E-state index contributed by atoms with van der Waals surface area (Å²) in [5.41, 5.74) is 0. The first-order chi connectivity index (χ1) is 4.74. The van der Waals surface area contributed by atoms with Gasteiger partial charge in [0.2, 0.25) is 5.88 Å². The zero-order chi connectivity index (χ0) is 7.56. The van der Waals surface area contributed by atoms with Crippen LogP contribution in [0.25, 0.3) is 0 Å². The standard InChI is InChI=1S/C4H5NO3S2.Na/c1-8-3-2-4(9-5-3)10(6)7;/h2H,1H3,(H,6,7);/q;+1/p-1. The van der Waals surface area contributed by atoms with Crippen LogP contribution in [0.5, 0.6) is 5.88 Å². The van der Waals surface area contributed by atoms with Crippen LogP contribution in [-0.2, 0) is 11.1 Å². The smallest absolute Gasteiger partial charge is 0.768 e. The van der Waals surface area contributed by atoms with Gasteiger partial charge in [-0.05, 0) is 22.6 Å². The molecule has 1 rings (SSSR count). The van der Waals surface area contributed by atoms with E-state index in [-0.39, 0.29) is 33.8 Å². The van der Waals surface area contributed by atoms with Crippen LogP contribution in [0.2, 0.25) is 0 Å². The summed E-state index contributed by atoms with van der Waals surface area (Å²) in [6, 6.07) is 1.37. The van der Waals surface area contributed by atoms with Crippen LogP contribution in [0.15, 0.2) is 10.3 Å². The third kappa shape index (κ3) is 3.18. The van der Waals surface area contributed by atoms with Crippen molar-refractivity contribution in [2.75, 3.05) is 7.11 Å². The molecule has 0 saturated carbocycles. The van der Waals surface area contributed by atoms with Gasteiger partial charge in [0.25, 0.3) is 0 Å². The van der Waals surface area contributed by atoms with E-state index in [0.717, 1.165) is 11.5 Å². The van der Waals surface area contributed by atoms with Crippen molar-refractivity contribution in [2.24, 2.45) is 0 Å². The van der Waals surface area contributed by atoms with Gasteiger partial charge in [0, 0.05) is 6.07 Å². The molecule has 11 heavy (non-hydrogen) atoms. The Morgan fingerprint density at radius 1 is 1.82 bits per heavy atom. The largest absolute Gasteiger partial charge is 1.00 e. The Bertz CT molecular complexity index is 251. The molecule has 0 saturated heterocycles. The predicted octanol–water partition coefficient (Wildman–Crippen LogP) is -2.61. The second kappa shape index (κ2) is 5.23. The van der Waals surface area contributed by atoms with Gasteiger partial charge in [-0.1, -0.05) is 0 Å². The maximum absolute atomic E-state index is 10.2. The fraction of sp³-hybridized carbons (Fsp3) is 0.250. The van der Waals surface area contributed by atoms with Gasteiger partial charge < -0.3 is 9.29 Å². The minimum absolute atomic E-state index is 0. The molecule has 1 unspecified atom stereocenters. The first-order valence-electron chi connectivity index (χ1n) is 2.34. The van der Waals surface area contributed by atoms with Gasteiger partial charge in [0.15, 0.2) is 0 Å². The summed E-state index contributed by atoms with van der Waals surface area (Å²) in [5.74, 6) is 0.337. The van der Waals surface area contributed by atoms with Gasteiger partial charge in [0.05, 0.1) is 7.11 Å². The molecule has 56 valence electrons. The van der Waals surface area contributed by atoms with E-state index in [9.17, 15) is 8.76 Å². The summed E-state index contributed by atoms with van der Waals surface area (Å²) >= 11 is -1.29. The third-order valence-electron chi connectivity index (χ3n) is 0.840. The molecule has 7 heteroatoms. The maximum atomic E-state index is 10.2. The Morgan fingerprint density at radius 3 is 2.73 bits per heavy atom.